The summed E-state index contributed by atoms with van der Waals surface area (Å²) in [4.78, 5) is 0. The molecule has 0 radical (unpaired) electrons. The molecule has 1 unspecified atom stereocenters. The second-order valence-corrected chi connectivity index (χ2v) is 5.06. The van der Waals surface area contributed by atoms with Crippen molar-refractivity contribution in [3.63, 3.8) is 0 Å². The van der Waals surface area contributed by atoms with Crippen LogP contribution in [-0.4, -0.2) is 25.8 Å². The molecule has 0 amide bonds. The lowest BCUT2D eigenvalue weighted by molar-refractivity contribution is 0.191. The van der Waals surface area contributed by atoms with E-state index in [4.69, 9.17) is 4.74 Å². The minimum absolute atomic E-state index is 0.562. The van der Waals surface area contributed by atoms with Crippen molar-refractivity contribution in [3.8, 4) is 0 Å². The number of rotatable bonds is 5. The van der Waals surface area contributed by atoms with E-state index in [2.05, 4.69) is 39.1 Å². The van der Waals surface area contributed by atoms with Gasteiger partial charge in [-0.3, -0.25) is 0 Å². The molecule has 1 heterocycles. The van der Waals surface area contributed by atoms with E-state index in [0.717, 1.165) is 19.8 Å². The van der Waals surface area contributed by atoms with E-state index in [-0.39, 0.29) is 0 Å². The summed E-state index contributed by atoms with van der Waals surface area (Å²) >= 11 is 0. The molecule has 15 heavy (non-hydrogen) atoms. The van der Waals surface area contributed by atoms with Crippen LogP contribution < -0.4 is 5.32 Å². The second-order valence-electron chi connectivity index (χ2n) is 5.06. The summed E-state index contributed by atoms with van der Waals surface area (Å²) in [5.74, 6) is 1.29. The maximum absolute atomic E-state index is 5.40. The Bertz CT molecular complexity index is 203. The van der Waals surface area contributed by atoms with Crippen molar-refractivity contribution in [1.82, 2.24) is 5.32 Å². The quantitative estimate of drug-likeness (QED) is 0.706. The Morgan fingerprint density at radius 3 is 2.60 bits per heavy atom. The Morgan fingerprint density at radius 1 is 1.40 bits per heavy atom. The molecule has 1 fully saturated rings. The summed E-state index contributed by atoms with van der Waals surface area (Å²) in [7, 11) is 0. The molecular weight excluding hydrogens is 186 g/mol. The van der Waals surface area contributed by atoms with Gasteiger partial charge in [-0.05, 0) is 12.3 Å². The van der Waals surface area contributed by atoms with Crippen molar-refractivity contribution < 1.29 is 4.74 Å². The lowest BCUT2D eigenvalue weighted by atomic mass is 9.97. The maximum Gasteiger partial charge on any atom is 0.0529 e. The minimum Gasteiger partial charge on any atom is -0.381 e. The minimum atomic E-state index is 0.562. The van der Waals surface area contributed by atoms with Gasteiger partial charge in [0, 0.05) is 25.1 Å². The van der Waals surface area contributed by atoms with Gasteiger partial charge < -0.3 is 10.1 Å². The van der Waals surface area contributed by atoms with E-state index < -0.39 is 0 Å². The smallest absolute Gasteiger partial charge is 0.0529 e. The van der Waals surface area contributed by atoms with Crippen molar-refractivity contribution in [2.45, 2.75) is 40.2 Å². The zero-order valence-corrected chi connectivity index (χ0v) is 10.5. The number of hydrogen-bond donors (Lipinski definition) is 1. The van der Waals surface area contributed by atoms with E-state index in [1.54, 1.807) is 0 Å². The van der Waals surface area contributed by atoms with Crippen LogP contribution in [0.3, 0.4) is 0 Å². The van der Waals surface area contributed by atoms with Crippen LogP contribution in [-0.2, 0) is 4.74 Å². The van der Waals surface area contributed by atoms with Gasteiger partial charge in [0.1, 0.15) is 0 Å². The summed E-state index contributed by atoms with van der Waals surface area (Å²) in [6.07, 6.45) is 3.62. The molecule has 0 bridgehead atoms. The van der Waals surface area contributed by atoms with Gasteiger partial charge in [-0.2, -0.15) is 0 Å². The predicted octanol–water partition coefficient (Wildman–Crippen LogP) is 2.60. The van der Waals surface area contributed by atoms with Crippen LogP contribution in [0, 0.1) is 11.8 Å². The van der Waals surface area contributed by atoms with Gasteiger partial charge in [0.15, 0.2) is 0 Å². The molecule has 0 aromatic carbocycles. The van der Waals surface area contributed by atoms with Gasteiger partial charge >= 0.3 is 0 Å². The van der Waals surface area contributed by atoms with Gasteiger partial charge in [-0.1, -0.05) is 39.3 Å². The van der Waals surface area contributed by atoms with Crippen LogP contribution in [0.4, 0.5) is 0 Å². The lowest BCUT2D eigenvalue weighted by Gasteiger charge is -2.16. The third-order valence-electron chi connectivity index (χ3n) is 2.87. The molecule has 0 spiro atoms. The highest BCUT2D eigenvalue weighted by Crippen LogP contribution is 2.19. The first-order valence-corrected chi connectivity index (χ1v) is 6.11. The number of nitrogens with one attached hydrogen (secondary N) is 1. The molecule has 0 saturated carbocycles. The fourth-order valence-corrected chi connectivity index (χ4v) is 1.76. The van der Waals surface area contributed by atoms with Gasteiger partial charge in [0.05, 0.1) is 6.61 Å². The van der Waals surface area contributed by atoms with Gasteiger partial charge in [0.25, 0.3) is 0 Å². The van der Waals surface area contributed by atoms with Gasteiger partial charge in [-0.25, -0.2) is 0 Å². The van der Waals surface area contributed by atoms with Crippen LogP contribution in [0.25, 0.3) is 0 Å². The SMILES string of the molecule is CC(C)NCC(=CC1CCOC1)C(C)C. The summed E-state index contributed by atoms with van der Waals surface area (Å²) in [6, 6.07) is 0.562. The van der Waals surface area contributed by atoms with Crippen LogP contribution in [0.5, 0.6) is 0 Å². The zero-order chi connectivity index (χ0) is 11.3. The fourth-order valence-electron chi connectivity index (χ4n) is 1.76. The number of hydrogen-bond acceptors (Lipinski definition) is 2. The fraction of sp³-hybridized carbons (Fsp3) is 0.846. The third kappa shape index (κ3) is 4.80. The highest BCUT2D eigenvalue weighted by atomic mass is 16.5. The van der Waals surface area contributed by atoms with E-state index in [1.807, 2.05) is 0 Å². The van der Waals surface area contributed by atoms with Gasteiger partial charge in [-0.15, -0.1) is 0 Å². The van der Waals surface area contributed by atoms with Crippen molar-refractivity contribution in [2.24, 2.45) is 11.8 Å². The summed E-state index contributed by atoms with van der Waals surface area (Å²) in [6.45, 7) is 11.8. The summed E-state index contributed by atoms with van der Waals surface area (Å²) in [5.41, 5.74) is 1.53. The van der Waals surface area contributed by atoms with Crippen molar-refractivity contribution in [1.29, 1.82) is 0 Å². The summed E-state index contributed by atoms with van der Waals surface area (Å²) in [5, 5.41) is 3.49. The van der Waals surface area contributed by atoms with Crippen LogP contribution >= 0.6 is 0 Å². The first-order valence-electron chi connectivity index (χ1n) is 6.11. The molecular formula is C13H25NO. The van der Waals surface area contributed by atoms with E-state index in [1.165, 1.54) is 12.0 Å². The van der Waals surface area contributed by atoms with Crippen molar-refractivity contribution in [3.05, 3.63) is 11.6 Å². The van der Waals surface area contributed by atoms with Crippen LogP contribution in [0.15, 0.2) is 11.6 Å². The van der Waals surface area contributed by atoms with E-state index in [0.29, 0.717) is 17.9 Å². The zero-order valence-electron chi connectivity index (χ0n) is 10.5. The van der Waals surface area contributed by atoms with E-state index in [9.17, 15) is 0 Å². The molecule has 0 aliphatic carbocycles. The Balaban J connectivity index is 2.48. The summed E-state index contributed by atoms with van der Waals surface area (Å²) < 4.78 is 5.40. The molecule has 88 valence electrons. The van der Waals surface area contributed by atoms with Crippen molar-refractivity contribution in [2.75, 3.05) is 19.8 Å². The number of ether oxygens (including phenoxy) is 1. The average molecular weight is 211 g/mol. The molecule has 1 N–H and O–H groups in total. The molecule has 2 heteroatoms. The van der Waals surface area contributed by atoms with Crippen LogP contribution in [0.2, 0.25) is 0 Å². The molecule has 1 aliphatic heterocycles. The highest BCUT2D eigenvalue weighted by molar-refractivity contribution is 5.09. The maximum atomic E-state index is 5.40. The molecule has 1 atom stereocenters. The monoisotopic (exact) mass is 211 g/mol. The molecule has 1 aliphatic rings. The first-order chi connectivity index (χ1) is 7.09. The molecule has 1 saturated heterocycles. The van der Waals surface area contributed by atoms with E-state index >= 15 is 0 Å². The molecule has 1 rings (SSSR count). The Labute approximate surface area is 94.1 Å². The molecule has 2 nitrogen and oxygen atoms in total. The Morgan fingerprint density at radius 2 is 2.13 bits per heavy atom. The normalized spacial score (nSPS) is 23.1. The molecule has 0 aromatic rings. The van der Waals surface area contributed by atoms with Crippen molar-refractivity contribution >= 4 is 0 Å². The van der Waals surface area contributed by atoms with Gasteiger partial charge in [0.2, 0.25) is 0 Å². The topological polar surface area (TPSA) is 21.3 Å². The first kappa shape index (κ1) is 12.7. The largest absolute Gasteiger partial charge is 0.381 e. The Hall–Kier alpha value is -0.340. The highest BCUT2D eigenvalue weighted by Gasteiger charge is 2.15. The average Bonchev–Trinajstić information content (AvgIpc) is 2.63. The lowest BCUT2D eigenvalue weighted by Crippen LogP contribution is -2.26. The standard InChI is InChI=1S/C13H25NO/c1-10(2)13(8-14-11(3)4)7-12-5-6-15-9-12/h7,10-12,14H,5-6,8-9H2,1-4H3. The second kappa shape index (κ2) is 6.29. The third-order valence-corrected chi connectivity index (χ3v) is 2.87. The molecule has 0 aromatic heterocycles. The Kier molecular flexibility index (Phi) is 5.34. The van der Waals surface area contributed by atoms with Crippen LogP contribution in [0.1, 0.15) is 34.1 Å². The predicted molar refractivity (Wildman–Crippen MR) is 65.0 cm³/mol.